The van der Waals surface area contributed by atoms with Gasteiger partial charge in [-0.2, -0.15) is 5.10 Å². The first-order valence-electron chi connectivity index (χ1n) is 10.5. The Labute approximate surface area is 197 Å². The van der Waals surface area contributed by atoms with Crippen molar-refractivity contribution < 1.29 is 19.2 Å². The number of hydrogen-bond donors (Lipinski definition) is 0. The van der Waals surface area contributed by atoms with Gasteiger partial charge in [-0.1, -0.05) is 29.5 Å². The molecule has 12 heteroatoms. The predicted molar refractivity (Wildman–Crippen MR) is 123 cm³/mol. The Balaban J connectivity index is 1.34. The lowest BCUT2D eigenvalue weighted by Crippen LogP contribution is -2.50. The zero-order chi connectivity index (χ0) is 24.1. The number of benzene rings is 1. The second kappa shape index (κ2) is 10.3. The highest BCUT2D eigenvalue weighted by molar-refractivity contribution is 7.17. The first-order valence-corrected chi connectivity index (χ1v) is 11.3. The van der Waals surface area contributed by atoms with Crippen LogP contribution in [-0.2, 0) is 6.54 Å². The Bertz CT molecular complexity index is 1250. The van der Waals surface area contributed by atoms with Crippen LogP contribution in [-0.4, -0.2) is 69.1 Å². The van der Waals surface area contributed by atoms with Crippen LogP contribution in [0.25, 0.3) is 0 Å². The maximum absolute atomic E-state index is 12.9. The standard InChI is InChI=1S/C22H21N5O6S/c28-19-8-6-17(23-26(19)14-15-33-16-4-2-1-3-5-16)21(29)24-10-12-25(13-11-24)22(30)18-7-9-20(34-18)27(31)32/h1-9H,10-15H2. The van der Waals surface area contributed by atoms with Crippen LogP contribution in [0.15, 0.2) is 59.4 Å². The molecule has 3 aromatic rings. The molecule has 34 heavy (non-hydrogen) atoms. The van der Waals surface area contributed by atoms with Gasteiger partial charge in [-0.25, -0.2) is 4.68 Å². The number of piperazine rings is 1. The van der Waals surface area contributed by atoms with E-state index in [9.17, 15) is 24.5 Å². The Hall–Kier alpha value is -4.06. The lowest BCUT2D eigenvalue weighted by atomic mass is 10.2. The minimum atomic E-state index is -0.529. The van der Waals surface area contributed by atoms with Crippen molar-refractivity contribution in [1.82, 2.24) is 19.6 Å². The monoisotopic (exact) mass is 483 g/mol. The van der Waals surface area contributed by atoms with Crippen LogP contribution in [0.5, 0.6) is 5.75 Å². The molecule has 0 spiro atoms. The molecule has 4 rings (SSSR count). The SMILES string of the molecule is O=C(c1ccc(=O)n(CCOc2ccccc2)n1)N1CCN(C(=O)c2ccc([N+](=O)[O-])s2)CC1. The van der Waals surface area contributed by atoms with Crippen molar-refractivity contribution in [1.29, 1.82) is 0 Å². The average molecular weight is 484 g/mol. The molecule has 0 unspecified atom stereocenters. The number of nitrogens with zero attached hydrogens (tertiary/aromatic N) is 5. The van der Waals surface area contributed by atoms with Crippen LogP contribution < -0.4 is 10.3 Å². The minimum Gasteiger partial charge on any atom is -0.492 e. The highest BCUT2D eigenvalue weighted by Crippen LogP contribution is 2.25. The first-order chi connectivity index (χ1) is 16.4. The highest BCUT2D eigenvalue weighted by Gasteiger charge is 2.28. The van der Waals surface area contributed by atoms with Gasteiger partial charge in [0.2, 0.25) is 0 Å². The summed E-state index contributed by atoms with van der Waals surface area (Å²) in [4.78, 5) is 51.4. The van der Waals surface area contributed by atoms with Crippen LogP contribution in [0.2, 0.25) is 0 Å². The molecule has 1 fully saturated rings. The van der Waals surface area contributed by atoms with Crippen LogP contribution in [0.4, 0.5) is 5.00 Å². The van der Waals surface area contributed by atoms with Gasteiger partial charge in [-0.05, 0) is 24.3 Å². The third-order valence-corrected chi connectivity index (χ3v) is 6.26. The topological polar surface area (TPSA) is 128 Å². The van der Waals surface area contributed by atoms with Crippen molar-refractivity contribution in [3.63, 3.8) is 0 Å². The summed E-state index contributed by atoms with van der Waals surface area (Å²) in [5, 5.41) is 14.9. The van der Waals surface area contributed by atoms with Gasteiger partial charge in [0.1, 0.15) is 18.1 Å². The molecule has 1 aromatic carbocycles. The smallest absolute Gasteiger partial charge is 0.324 e. The fraction of sp³-hybridized carbons (Fsp3) is 0.273. The highest BCUT2D eigenvalue weighted by atomic mass is 32.1. The third kappa shape index (κ3) is 5.29. The molecule has 176 valence electrons. The summed E-state index contributed by atoms with van der Waals surface area (Å²) in [6.45, 7) is 1.56. The second-order valence-electron chi connectivity index (χ2n) is 7.42. The van der Waals surface area contributed by atoms with Crippen molar-refractivity contribution in [3.8, 4) is 5.75 Å². The van der Waals surface area contributed by atoms with Crippen LogP contribution in [0.3, 0.4) is 0 Å². The van der Waals surface area contributed by atoms with Gasteiger partial charge in [0.25, 0.3) is 17.4 Å². The maximum Gasteiger partial charge on any atom is 0.324 e. The summed E-state index contributed by atoms with van der Waals surface area (Å²) in [5.74, 6) is 0.0410. The number of thiophene rings is 1. The van der Waals surface area contributed by atoms with Crippen molar-refractivity contribution in [2.45, 2.75) is 6.54 Å². The number of carbonyl (C=O) groups is 2. The molecule has 1 saturated heterocycles. The molecule has 2 amide bonds. The van der Waals surface area contributed by atoms with Gasteiger partial charge in [-0.3, -0.25) is 24.5 Å². The molecular weight excluding hydrogens is 462 g/mol. The molecule has 0 atom stereocenters. The van der Waals surface area contributed by atoms with Gasteiger partial charge in [0.15, 0.2) is 0 Å². The maximum atomic E-state index is 12.9. The van der Waals surface area contributed by atoms with Gasteiger partial charge < -0.3 is 14.5 Å². The largest absolute Gasteiger partial charge is 0.492 e. The number of hydrogen-bond acceptors (Lipinski definition) is 8. The zero-order valence-corrected chi connectivity index (χ0v) is 18.8. The molecule has 0 bridgehead atoms. The van der Waals surface area contributed by atoms with Crippen LogP contribution in [0, 0.1) is 10.1 Å². The number of para-hydroxylation sites is 1. The molecule has 2 aromatic heterocycles. The van der Waals surface area contributed by atoms with E-state index in [0.717, 1.165) is 11.3 Å². The Morgan fingerprint density at radius 1 is 0.971 bits per heavy atom. The van der Waals surface area contributed by atoms with Crippen molar-refractivity contribution in [2.24, 2.45) is 0 Å². The normalized spacial score (nSPS) is 13.5. The quantitative estimate of drug-likeness (QED) is 0.371. The van der Waals surface area contributed by atoms with Gasteiger partial charge in [0, 0.05) is 38.3 Å². The van der Waals surface area contributed by atoms with E-state index in [1.807, 2.05) is 18.2 Å². The van der Waals surface area contributed by atoms with E-state index < -0.39 is 4.92 Å². The Morgan fingerprint density at radius 2 is 1.65 bits per heavy atom. The number of ether oxygens (including phenoxy) is 1. The van der Waals surface area contributed by atoms with E-state index >= 15 is 0 Å². The van der Waals surface area contributed by atoms with Gasteiger partial charge in [0.05, 0.1) is 16.3 Å². The number of carbonyl (C=O) groups excluding carboxylic acids is 2. The number of amides is 2. The van der Waals surface area contributed by atoms with Gasteiger partial charge >= 0.3 is 5.00 Å². The molecule has 1 aliphatic heterocycles. The molecule has 1 aliphatic rings. The predicted octanol–water partition coefficient (Wildman–Crippen LogP) is 1.89. The first kappa shape index (κ1) is 23.1. The molecule has 11 nitrogen and oxygen atoms in total. The fourth-order valence-corrected chi connectivity index (χ4v) is 4.25. The summed E-state index contributed by atoms with van der Waals surface area (Å²) in [5.41, 5.74) is -0.207. The Kier molecular flexibility index (Phi) is 6.97. The second-order valence-corrected chi connectivity index (χ2v) is 8.48. The number of aromatic nitrogens is 2. The lowest BCUT2D eigenvalue weighted by molar-refractivity contribution is -0.380. The lowest BCUT2D eigenvalue weighted by Gasteiger charge is -2.34. The van der Waals surface area contributed by atoms with Crippen molar-refractivity contribution >= 4 is 28.2 Å². The van der Waals surface area contributed by atoms with E-state index in [2.05, 4.69) is 5.10 Å². The fourth-order valence-electron chi connectivity index (χ4n) is 3.46. The van der Waals surface area contributed by atoms with Crippen molar-refractivity contribution in [3.05, 3.63) is 85.6 Å². The van der Waals surface area contributed by atoms with Crippen molar-refractivity contribution in [2.75, 3.05) is 32.8 Å². The van der Waals surface area contributed by atoms with Crippen LogP contribution >= 0.6 is 11.3 Å². The number of nitro groups is 1. The molecule has 0 saturated carbocycles. The average Bonchev–Trinajstić information content (AvgIpc) is 3.36. The molecule has 0 aliphatic carbocycles. The summed E-state index contributed by atoms with van der Waals surface area (Å²) in [6, 6.07) is 14.6. The van der Waals surface area contributed by atoms with E-state index in [4.69, 9.17) is 4.74 Å². The molecule has 0 N–H and O–H groups in total. The summed E-state index contributed by atoms with van der Waals surface area (Å²) in [7, 11) is 0. The van der Waals surface area contributed by atoms with E-state index in [0.29, 0.717) is 18.8 Å². The molecule has 3 heterocycles. The van der Waals surface area contributed by atoms with Crippen LogP contribution in [0.1, 0.15) is 20.2 Å². The minimum absolute atomic E-state index is 0.0902. The van der Waals surface area contributed by atoms with E-state index in [-0.39, 0.29) is 59.2 Å². The summed E-state index contributed by atoms with van der Waals surface area (Å²) < 4.78 is 6.79. The molecular formula is C22H21N5O6S. The van der Waals surface area contributed by atoms with E-state index in [1.165, 1.54) is 28.9 Å². The summed E-state index contributed by atoms with van der Waals surface area (Å²) in [6.07, 6.45) is 0. The van der Waals surface area contributed by atoms with E-state index in [1.54, 1.807) is 21.9 Å². The Morgan fingerprint density at radius 3 is 2.29 bits per heavy atom. The summed E-state index contributed by atoms with van der Waals surface area (Å²) >= 11 is 0.831. The number of rotatable bonds is 7. The molecule has 0 radical (unpaired) electrons. The zero-order valence-electron chi connectivity index (χ0n) is 18.0. The third-order valence-electron chi connectivity index (χ3n) is 5.24. The van der Waals surface area contributed by atoms with Gasteiger partial charge in [-0.15, -0.1) is 0 Å².